The van der Waals surface area contributed by atoms with Crippen LogP contribution < -0.4 is 5.32 Å². The van der Waals surface area contributed by atoms with E-state index in [1.165, 1.54) is 25.7 Å². The summed E-state index contributed by atoms with van der Waals surface area (Å²) in [5.41, 5.74) is 1.11. The standard InChI is InChI=1S/C15H20BrN3O/c1-17-13(14-6-7-15(16)20-14)10-11-8-9-19(18-11)12-4-2-3-5-12/h6-9,12-13,17H,2-5,10H2,1H3. The third-order valence-electron chi connectivity index (χ3n) is 4.06. The Bertz CT molecular complexity index is 557. The van der Waals surface area contributed by atoms with Crippen molar-refractivity contribution in [1.82, 2.24) is 15.1 Å². The molecule has 3 rings (SSSR count). The van der Waals surface area contributed by atoms with Crippen molar-refractivity contribution in [2.75, 3.05) is 7.05 Å². The van der Waals surface area contributed by atoms with Crippen molar-refractivity contribution < 1.29 is 4.42 Å². The number of furan rings is 1. The lowest BCUT2D eigenvalue weighted by molar-refractivity contribution is 0.410. The molecule has 5 heteroatoms. The number of likely N-dealkylation sites (N-methyl/N-ethyl adjacent to an activating group) is 1. The molecule has 0 aromatic carbocycles. The first-order chi connectivity index (χ1) is 9.76. The molecule has 20 heavy (non-hydrogen) atoms. The Morgan fingerprint density at radius 3 is 2.85 bits per heavy atom. The fraction of sp³-hybridized carbons (Fsp3) is 0.533. The smallest absolute Gasteiger partial charge is 0.169 e. The number of hydrogen-bond donors (Lipinski definition) is 1. The maximum absolute atomic E-state index is 5.63. The van der Waals surface area contributed by atoms with E-state index in [0.717, 1.165) is 22.5 Å². The summed E-state index contributed by atoms with van der Waals surface area (Å²) in [4.78, 5) is 0. The zero-order valence-corrected chi connectivity index (χ0v) is 13.3. The van der Waals surface area contributed by atoms with E-state index in [0.29, 0.717) is 6.04 Å². The third-order valence-corrected chi connectivity index (χ3v) is 4.49. The van der Waals surface area contributed by atoms with E-state index in [9.17, 15) is 0 Å². The topological polar surface area (TPSA) is 43.0 Å². The Kier molecular flexibility index (Phi) is 4.27. The number of hydrogen-bond acceptors (Lipinski definition) is 3. The van der Waals surface area contributed by atoms with Crippen LogP contribution in [0.1, 0.15) is 49.2 Å². The summed E-state index contributed by atoms with van der Waals surface area (Å²) in [5.74, 6) is 0.940. The van der Waals surface area contributed by atoms with Crippen LogP contribution in [0, 0.1) is 0 Å². The van der Waals surface area contributed by atoms with Gasteiger partial charge in [0.05, 0.1) is 17.8 Å². The zero-order valence-electron chi connectivity index (χ0n) is 11.7. The maximum Gasteiger partial charge on any atom is 0.169 e. The SMILES string of the molecule is CNC(Cc1ccn(C2CCCC2)n1)c1ccc(Br)o1. The minimum Gasteiger partial charge on any atom is -0.453 e. The van der Waals surface area contributed by atoms with E-state index >= 15 is 0 Å². The minimum absolute atomic E-state index is 0.160. The zero-order chi connectivity index (χ0) is 13.9. The Morgan fingerprint density at radius 2 is 2.20 bits per heavy atom. The molecule has 0 aliphatic heterocycles. The quantitative estimate of drug-likeness (QED) is 0.900. The molecule has 0 saturated heterocycles. The highest BCUT2D eigenvalue weighted by Crippen LogP contribution is 2.29. The molecule has 1 aliphatic carbocycles. The van der Waals surface area contributed by atoms with Crippen molar-refractivity contribution in [3.05, 3.63) is 40.5 Å². The molecular weight excluding hydrogens is 318 g/mol. The van der Waals surface area contributed by atoms with E-state index in [1.807, 2.05) is 19.2 Å². The average molecular weight is 338 g/mol. The first-order valence-corrected chi connectivity index (χ1v) is 8.02. The van der Waals surface area contributed by atoms with E-state index in [2.05, 4.69) is 38.2 Å². The van der Waals surface area contributed by atoms with Crippen molar-refractivity contribution in [1.29, 1.82) is 0 Å². The molecule has 1 unspecified atom stereocenters. The summed E-state index contributed by atoms with van der Waals surface area (Å²) in [5, 5.41) is 8.03. The predicted molar refractivity (Wildman–Crippen MR) is 81.6 cm³/mol. The summed E-state index contributed by atoms with van der Waals surface area (Å²) >= 11 is 3.35. The molecular formula is C15H20BrN3O. The molecule has 1 N–H and O–H groups in total. The molecule has 2 aromatic heterocycles. The van der Waals surface area contributed by atoms with Gasteiger partial charge in [0.1, 0.15) is 5.76 Å². The highest BCUT2D eigenvalue weighted by molar-refractivity contribution is 9.10. The van der Waals surface area contributed by atoms with Crippen LogP contribution in [0.25, 0.3) is 0 Å². The molecule has 0 amide bonds. The second-order valence-corrected chi connectivity index (χ2v) is 6.19. The van der Waals surface area contributed by atoms with Crippen LogP contribution in [0.3, 0.4) is 0 Å². The molecule has 108 valence electrons. The maximum atomic E-state index is 5.63. The monoisotopic (exact) mass is 337 g/mol. The van der Waals surface area contributed by atoms with Gasteiger partial charge in [0, 0.05) is 12.6 Å². The van der Waals surface area contributed by atoms with Crippen LogP contribution in [0.5, 0.6) is 0 Å². The lowest BCUT2D eigenvalue weighted by Gasteiger charge is -2.12. The largest absolute Gasteiger partial charge is 0.453 e. The first-order valence-electron chi connectivity index (χ1n) is 7.23. The lowest BCUT2D eigenvalue weighted by Crippen LogP contribution is -2.18. The van der Waals surface area contributed by atoms with Crippen LogP contribution in [0.15, 0.2) is 33.5 Å². The van der Waals surface area contributed by atoms with E-state index in [-0.39, 0.29) is 6.04 Å². The summed E-state index contributed by atoms with van der Waals surface area (Å²) in [6.45, 7) is 0. The Labute approximate surface area is 127 Å². The van der Waals surface area contributed by atoms with Gasteiger partial charge >= 0.3 is 0 Å². The average Bonchev–Trinajstić information content (AvgIpc) is 3.16. The van der Waals surface area contributed by atoms with Crippen LogP contribution in [0.2, 0.25) is 0 Å². The molecule has 1 atom stereocenters. The highest BCUT2D eigenvalue weighted by atomic mass is 79.9. The lowest BCUT2D eigenvalue weighted by atomic mass is 10.1. The molecule has 0 radical (unpaired) electrons. The fourth-order valence-corrected chi connectivity index (χ4v) is 3.25. The number of aromatic nitrogens is 2. The van der Waals surface area contributed by atoms with E-state index in [1.54, 1.807) is 0 Å². The number of halogens is 1. The van der Waals surface area contributed by atoms with Gasteiger partial charge in [-0.3, -0.25) is 4.68 Å². The van der Waals surface area contributed by atoms with E-state index in [4.69, 9.17) is 9.52 Å². The molecule has 1 saturated carbocycles. The minimum atomic E-state index is 0.160. The van der Waals surface area contributed by atoms with Gasteiger partial charge in [-0.2, -0.15) is 5.10 Å². The Balaban J connectivity index is 1.69. The second kappa shape index (κ2) is 6.14. The summed E-state index contributed by atoms with van der Waals surface area (Å²) in [6.07, 6.45) is 8.16. The molecule has 4 nitrogen and oxygen atoms in total. The van der Waals surface area contributed by atoms with Gasteiger partial charge in [-0.05, 0) is 54.0 Å². The van der Waals surface area contributed by atoms with Gasteiger partial charge < -0.3 is 9.73 Å². The van der Waals surface area contributed by atoms with E-state index < -0.39 is 0 Å². The second-order valence-electron chi connectivity index (χ2n) is 5.41. The first kappa shape index (κ1) is 13.9. The van der Waals surface area contributed by atoms with Gasteiger partial charge in [0.15, 0.2) is 4.67 Å². The summed E-state index contributed by atoms with van der Waals surface area (Å²) in [7, 11) is 1.95. The Hall–Kier alpha value is -1.07. The molecule has 1 fully saturated rings. The van der Waals surface area contributed by atoms with Crippen molar-refractivity contribution >= 4 is 15.9 Å². The van der Waals surface area contributed by atoms with Crippen LogP contribution in [-0.2, 0) is 6.42 Å². The normalized spacial score (nSPS) is 17.7. The molecule has 2 heterocycles. The molecule has 0 spiro atoms. The number of nitrogens with zero attached hydrogens (tertiary/aromatic N) is 2. The van der Waals surface area contributed by atoms with Gasteiger partial charge in [-0.1, -0.05) is 12.8 Å². The van der Waals surface area contributed by atoms with Gasteiger partial charge in [0.25, 0.3) is 0 Å². The summed E-state index contributed by atoms with van der Waals surface area (Å²) in [6, 6.07) is 6.82. The predicted octanol–water partition coefficient (Wildman–Crippen LogP) is 3.86. The fourth-order valence-electron chi connectivity index (χ4n) is 2.93. The van der Waals surface area contributed by atoms with Crippen LogP contribution >= 0.6 is 15.9 Å². The third kappa shape index (κ3) is 2.99. The van der Waals surface area contributed by atoms with Gasteiger partial charge in [0.2, 0.25) is 0 Å². The Morgan fingerprint density at radius 1 is 1.40 bits per heavy atom. The number of rotatable bonds is 5. The van der Waals surface area contributed by atoms with Gasteiger partial charge in [-0.25, -0.2) is 0 Å². The van der Waals surface area contributed by atoms with Crippen LogP contribution in [-0.4, -0.2) is 16.8 Å². The van der Waals surface area contributed by atoms with Crippen molar-refractivity contribution in [3.8, 4) is 0 Å². The highest BCUT2D eigenvalue weighted by Gasteiger charge is 2.19. The van der Waals surface area contributed by atoms with Crippen molar-refractivity contribution in [2.24, 2.45) is 0 Å². The van der Waals surface area contributed by atoms with Gasteiger partial charge in [-0.15, -0.1) is 0 Å². The summed E-state index contributed by atoms with van der Waals surface area (Å²) < 4.78 is 8.55. The molecule has 1 aliphatic rings. The van der Waals surface area contributed by atoms with Crippen molar-refractivity contribution in [3.63, 3.8) is 0 Å². The molecule has 2 aromatic rings. The molecule has 0 bridgehead atoms. The number of nitrogens with one attached hydrogen (secondary N) is 1. The van der Waals surface area contributed by atoms with Crippen LogP contribution in [0.4, 0.5) is 0 Å². The van der Waals surface area contributed by atoms with Crippen molar-refractivity contribution in [2.45, 2.75) is 44.2 Å².